The molecular formula is C16H16N2O3S2. The third-order valence-electron chi connectivity index (χ3n) is 3.92. The molecule has 0 aliphatic carbocycles. The molecule has 2 aliphatic rings. The quantitative estimate of drug-likeness (QED) is 0.668. The molecule has 0 spiro atoms. The van der Waals surface area contributed by atoms with E-state index in [9.17, 15) is 9.59 Å². The zero-order valence-corrected chi connectivity index (χ0v) is 14.2. The number of rotatable bonds is 3. The molecule has 3 rings (SSSR count). The molecule has 0 radical (unpaired) electrons. The lowest BCUT2D eigenvalue weighted by Gasteiger charge is -2.27. The molecule has 0 saturated carbocycles. The highest BCUT2D eigenvalue weighted by Crippen LogP contribution is 2.33. The van der Waals surface area contributed by atoms with E-state index in [0.29, 0.717) is 9.23 Å². The van der Waals surface area contributed by atoms with Gasteiger partial charge in [-0.15, -0.1) is 0 Å². The normalized spacial score (nSPS) is 19.4. The summed E-state index contributed by atoms with van der Waals surface area (Å²) < 4.78 is 0.293. The largest absolute Gasteiger partial charge is 0.480 e. The van der Waals surface area contributed by atoms with E-state index in [-0.39, 0.29) is 5.91 Å². The minimum Gasteiger partial charge on any atom is -0.480 e. The monoisotopic (exact) mass is 348 g/mol. The van der Waals surface area contributed by atoms with Gasteiger partial charge in [-0.25, -0.2) is 0 Å². The maximum Gasteiger partial charge on any atom is 0.323 e. The fraction of sp³-hybridized carbons (Fsp3) is 0.312. The number of aliphatic carboxylic acids is 1. The Morgan fingerprint density at radius 3 is 3.00 bits per heavy atom. The van der Waals surface area contributed by atoms with Gasteiger partial charge in [0.2, 0.25) is 0 Å². The molecule has 5 nitrogen and oxygen atoms in total. The molecule has 0 aromatic heterocycles. The molecule has 1 saturated heterocycles. The van der Waals surface area contributed by atoms with E-state index in [4.69, 9.17) is 17.3 Å². The van der Waals surface area contributed by atoms with Crippen molar-refractivity contribution in [3.63, 3.8) is 0 Å². The first-order valence-electron chi connectivity index (χ1n) is 7.27. The molecule has 2 heterocycles. The second-order valence-corrected chi connectivity index (χ2v) is 7.25. The first-order valence-corrected chi connectivity index (χ1v) is 8.49. The van der Waals surface area contributed by atoms with E-state index in [1.165, 1.54) is 11.3 Å². The third-order valence-corrected chi connectivity index (χ3v) is 5.30. The molecule has 1 fully saturated rings. The number of thiocarbonyl (C=S) groups is 1. The SMILES string of the molecule is CN1CCCc2cc(C=C3SC(=S)N(CC(=O)O)C3=O)ccc21. The summed E-state index contributed by atoms with van der Waals surface area (Å²) in [5.74, 6) is -1.41. The van der Waals surface area contributed by atoms with Crippen LogP contribution in [0.3, 0.4) is 0 Å². The van der Waals surface area contributed by atoms with E-state index >= 15 is 0 Å². The Morgan fingerprint density at radius 1 is 1.48 bits per heavy atom. The Balaban J connectivity index is 1.86. The number of aryl methyl sites for hydroxylation is 1. The van der Waals surface area contributed by atoms with Crippen LogP contribution in [0.25, 0.3) is 6.08 Å². The molecule has 120 valence electrons. The summed E-state index contributed by atoms with van der Waals surface area (Å²) in [6.07, 6.45) is 3.94. The minimum atomic E-state index is -1.07. The Bertz CT molecular complexity index is 730. The van der Waals surface area contributed by atoms with Gasteiger partial charge in [0.05, 0.1) is 4.91 Å². The standard InChI is InChI=1S/C16H16N2O3S2/c1-17-6-2-3-11-7-10(4-5-12(11)17)8-13-15(21)18(9-14(19)20)16(22)23-13/h4-5,7-8H,2-3,6,9H2,1H3,(H,19,20). The van der Waals surface area contributed by atoms with E-state index in [1.807, 2.05) is 6.07 Å². The average Bonchev–Trinajstić information content (AvgIpc) is 2.75. The van der Waals surface area contributed by atoms with Crippen molar-refractivity contribution in [2.45, 2.75) is 12.8 Å². The maximum absolute atomic E-state index is 12.3. The van der Waals surface area contributed by atoms with Gasteiger partial charge in [0.15, 0.2) is 0 Å². The van der Waals surface area contributed by atoms with Crippen molar-refractivity contribution in [1.82, 2.24) is 4.90 Å². The molecule has 1 N–H and O–H groups in total. The van der Waals surface area contributed by atoms with E-state index < -0.39 is 12.5 Å². The van der Waals surface area contributed by atoms with Gasteiger partial charge in [0.1, 0.15) is 10.9 Å². The molecular weight excluding hydrogens is 332 g/mol. The highest BCUT2D eigenvalue weighted by molar-refractivity contribution is 8.26. The lowest BCUT2D eigenvalue weighted by atomic mass is 9.99. The Morgan fingerprint density at radius 2 is 2.26 bits per heavy atom. The van der Waals surface area contributed by atoms with Gasteiger partial charge in [-0.3, -0.25) is 14.5 Å². The van der Waals surface area contributed by atoms with Crippen LogP contribution in [0, 0.1) is 0 Å². The summed E-state index contributed by atoms with van der Waals surface area (Å²) in [5, 5.41) is 8.86. The summed E-state index contributed by atoms with van der Waals surface area (Å²) in [6.45, 7) is 0.664. The third kappa shape index (κ3) is 3.25. The van der Waals surface area contributed by atoms with Crippen LogP contribution in [0.1, 0.15) is 17.5 Å². The highest BCUT2D eigenvalue weighted by atomic mass is 32.2. The fourth-order valence-corrected chi connectivity index (χ4v) is 4.07. The van der Waals surface area contributed by atoms with Crippen LogP contribution >= 0.6 is 24.0 Å². The summed E-state index contributed by atoms with van der Waals surface area (Å²) in [4.78, 5) is 26.9. The lowest BCUT2D eigenvalue weighted by Crippen LogP contribution is -2.33. The molecule has 1 aromatic rings. The second kappa shape index (κ2) is 6.33. The van der Waals surface area contributed by atoms with Crippen molar-refractivity contribution < 1.29 is 14.7 Å². The van der Waals surface area contributed by atoms with Gasteiger partial charge in [-0.05, 0) is 42.2 Å². The number of benzene rings is 1. The van der Waals surface area contributed by atoms with Crippen molar-refractivity contribution in [3.05, 3.63) is 34.2 Å². The maximum atomic E-state index is 12.3. The van der Waals surface area contributed by atoms with Crippen LogP contribution in [-0.4, -0.2) is 46.3 Å². The van der Waals surface area contributed by atoms with Gasteiger partial charge in [0.25, 0.3) is 5.91 Å². The number of amides is 1. The van der Waals surface area contributed by atoms with Crippen LogP contribution in [0.5, 0.6) is 0 Å². The van der Waals surface area contributed by atoms with Crippen LogP contribution in [0.2, 0.25) is 0 Å². The zero-order valence-electron chi connectivity index (χ0n) is 12.6. The van der Waals surface area contributed by atoms with E-state index in [0.717, 1.165) is 41.6 Å². The van der Waals surface area contributed by atoms with Gasteiger partial charge in [-0.1, -0.05) is 30.0 Å². The number of carboxylic acids is 1. The smallest absolute Gasteiger partial charge is 0.323 e. The topological polar surface area (TPSA) is 60.9 Å². The highest BCUT2D eigenvalue weighted by Gasteiger charge is 2.33. The number of thioether (sulfide) groups is 1. The number of carbonyl (C=O) groups is 2. The van der Waals surface area contributed by atoms with Gasteiger partial charge >= 0.3 is 5.97 Å². The number of hydrogen-bond donors (Lipinski definition) is 1. The summed E-state index contributed by atoms with van der Waals surface area (Å²) in [6, 6.07) is 6.14. The Hall–Kier alpha value is -1.86. The van der Waals surface area contributed by atoms with E-state index in [1.54, 1.807) is 6.08 Å². The molecule has 1 amide bonds. The van der Waals surface area contributed by atoms with Crippen LogP contribution in [0.15, 0.2) is 23.1 Å². The van der Waals surface area contributed by atoms with Crippen molar-refractivity contribution in [2.75, 3.05) is 25.0 Å². The number of fused-ring (bicyclic) bond motifs is 1. The van der Waals surface area contributed by atoms with Crippen molar-refractivity contribution in [1.29, 1.82) is 0 Å². The first kappa shape index (κ1) is 16.0. The molecule has 0 bridgehead atoms. The van der Waals surface area contributed by atoms with Gasteiger partial charge in [0, 0.05) is 19.3 Å². The number of nitrogens with zero attached hydrogens (tertiary/aromatic N) is 2. The molecule has 0 unspecified atom stereocenters. The Labute approximate surface area is 143 Å². The van der Waals surface area contributed by atoms with Crippen molar-refractivity contribution in [2.24, 2.45) is 0 Å². The first-order chi connectivity index (χ1) is 11.0. The zero-order chi connectivity index (χ0) is 16.6. The summed E-state index contributed by atoms with van der Waals surface area (Å²) in [7, 11) is 2.08. The fourth-order valence-electron chi connectivity index (χ4n) is 2.82. The van der Waals surface area contributed by atoms with Gasteiger partial charge in [-0.2, -0.15) is 0 Å². The predicted molar refractivity (Wildman–Crippen MR) is 95.5 cm³/mol. The Kier molecular flexibility index (Phi) is 4.41. The van der Waals surface area contributed by atoms with Crippen LogP contribution in [-0.2, 0) is 16.0 Å². The molecule has 0 atom stereocenters. The second-order valence-electron chi connectivity index (χ2n) is 5.57. The van der Waals surface area contributed by atoms with Gasteiger partial charge < -0.3 is 10.0 Å². The molecule has 1 aromatic carbocycles. The summed E-state index contributed by atoms with van der Waals surface area (Å²) in [5.41, 5.74) is 3.44. The van der Waals surface area contributed by atoms with Crippen LogP contribution < -0.4 is 4.90 Å². The number of anilines is 1. The van der Waals surface area contributed by atoms with Crippen molar-refractivity contribution in [3.8, 4) is 0 Å². The average molecular weight is 348 g/mol. The van der Waals surface area contributed by atoms with Crippen LogP contribution in [0.4, 0.5) is 5.69 Å². The van der Waals surface area contributed by atoms with E-state index in [2.05, 4.69) is 24.1 Å². The molecule has 7 heteroatoms. The number of carbonyl (C=O) groups excluding carboxylic acids is 1. The summed E-state index contributed by atoms with van der Waals surface area (Å²) >= 11 is 6.25. The van der Waals surface area contributed by atoms with Crippen molar-refractivity contribution >= 4 is 51.9 Å². The minimum absolute atomic E-state index is 0.293. The molecule has 23 heavy (non-hydrogen) atoms. The number of carboxylic acid groups (broad SMARTS) is 1. The molecule has 2 aliphatic heterocycles. The predicted octanol–water partition coefficient (Wildman–Crippen LogP) is 2.35. The lowest BCUT2D eigenvalue weighted by molar-refractivity contribution is -0.140. The number of hydrogen-bond acceptors (Lipinski definition) is 5.